The maximum Gasteiger partial charge on any atom is 0.169 e. The zero-order valence-electron chi connectivity index (χ0n) is 10.0. The first-order valence-electron chi connectivity index (χ1n) is 5.54. The fourth-order valence-corrected chi connectivity index (χ4v) is 1.58. The van der Waals surface area contributed by atoms with Crippen LogP contribution >= 0.6 is 0 Å². The van der Waals surface area contributed by atoms with Crippen LogP contribution in [0.1, 0.15) is 5.56 Å². The molecule has 0 amide bonds. The van der Waals surface area contributed by atoms with Crippen molar-refractivity contribution in [3.63, 3.8) is 0 Å². The fourth-order valence-electron chi connectivity index (χ4n) is 1.58. The van der Waals surface area contributed by atoms with Crippen LogP contribution in [0.3, 0.4) is 0 Å². The third-order valence-electron chi connectivity index (χ3n) is 2.52. The first kappa shape index (κ1) is 12.4. The molecule has 0 unspecified atom stereocenters. The second-order valence-corrected chi connectivity index (χ2v) is 3.72. The van der Waals surface area contributed by atoms with Gasteiger partial charge >= 0.3 is 0 Å². The molecule has 0 aliphatic carbocycles. The van der Waals surface area contributed by atoms with E-state index in [1.807, 2.05) is 6.07 Å². The number of ether oxygens (including phenoxy) is 2. The minimum Gasteiger partial charge on any atom is -0.493 e. The SMILES string of the molecule is COc1ccccc1Oc1ccc(CN)cc1F. The average Bonchev–Trinajstić information content (AvgIpc) is 2.41. The van der Waals surface area contributed by atoms with Crippen molar-refractivity contribution in [1.82, 2.24) is 0 Å². The number of methoxy groups -OCH3 is 1. The fraction of sp³-hybridized carbons (Fsp3) is 0.143. The van der Waals surface area contributed by atoms with Crippen molar-refractivity contribution in [2.75, 3.05) is 7.11 Å². The molecule has 94 valence electrons. The molecule has 3 nitrogen and oxygen atoms in total. The molecule has 4 heteroatoms. The zero-order valence-corrected chi connectivity index (χ0v) is 10.0. The lowest BCUT2D eigenvalue weighted by molar-refractivity contribution is 0.371. The molecule has 0 bridgehead atoms. The van der Waals surface area contributed by atoms with Gasteiger partial charge in [-0.3, -0.25) is 0 Å². The van der Waals surface area contributed by atoms with E-state index in [1.165, 1.54) is 13.2 Å². The summed E-state index contributed by atoms with van der Waals surface area (Å²) < 4.78 is 24.4. The number of nitrogens with two attached hydrogens (primary N) is 1. The summed E-state index contributed by atoms with van der Waals surface area (Å²) in [5, 5.41) is 0. The van der Waals surface area contributed by atoms with Crippen LogP contribution in [-0.2, 0) is 6.54 Å². The highest BCUT2D eigenvalue weighted by Gasteiger charge is 2.08. The Bertz CT molecular complexity index is 543. The second kappa shape index (κ2) is 5.51. The molecular weight excluding hydrogens is 233 g/mol. The van der Waals surface area contributed by atoms with Gasteiger partial charge in [0.25, 0.3) is 0 Å². The van der Waals surface area contributed by atoms with Crippen molar-refractivity contribution in [2.45, 2.75) is 6.54 Å². The molecule has 0 radical (unpaired) electrons. The predicted octanol–water partition coefficient (Wildman–Crippen LogP) is 3.09. The minimum absolute atomic E-state index is 0.150. The van der Waals surface area contributed by atoms with Gasteiger partial charge in [0.15, 0.2) is 23.1 Å². The van der Waals surface area contributed by atoms with Gasteiger partial charge in [0.05, 0.1) is 7.11 Å². The van der Waals surface area contributed by atoms with Gasteiger partial charge in [0.1, 0.15) is 0 Å². The average molecular weight is 247 g/mol. The van der Waals surface area contributed by atoms with Crippen LogP contribution in [0.5, 0.6) is 17.2 Å². The van der Waals surface area contributed by atoms with Crippen molar-refractivity contribution in [2.24, 2.45) is 5.73 Å². The van der Waals surface area contributed by atoms with Gasteiger partial charge < -0.3 is 15.2 Å². The highest BCUT2D eigenvalue weighted by Crippen LogP contribution is 2.32. The van der Waals surface area contributed by atoms with Crippen molar-refractivity contribution in [1.29, 1.82) is 0 Å². The zero-order chi connectivity index (χ0) is 13.0. The Balaban J connectivity index is 2.28. The van der Waals surface area contributed by atoms with Gasteiger partial charge in [-0.1, -0.05) is 18.2 Å². The van der Waals surface area contributed by atoms with Crippen LogP contribution in [-0.4, -0.2) is 7.11 Å². The second-order valence-electron chi connectivity index (χ2n) is 3.72. The summed E-state index contributed by atoms with van der Waals surface area (Å²) in [4.78, 5) is 0. The Kier molecular flexibility index (Phi) is 3.79. The van der Waals surface area contributed by atoms with Crippen LogP contribution in [0.15, 0.2) is 42.5 Å². The van der Waals surface area contributed by atoms with Gasteiger partial charge in [-0.15, -0.1) is 0 Å². The molecule has 0 atom stereocenters. The topological polar surface area (TPSA) is 44.5 Å². The van der Waals surface area contributed by atoms with Gasteiger partial charge in [0, 0.05) is 6.54 Å². The molecule has 2 aromatic rings. The van der Waals surface area contributed by atoms with E-state index in [-0.39, 0.29) is 5.75 Å². The summed E-state index contributed by atoms with van der Waals surface area (Å²) in [7, 11) is 1.54. The molecule has 2 aromatic carbocycles. The molecule has 2 rings (SSSR count). The smallest absolute Gasteiger partial charge is 0.169 e. The summed E-state index contributed by atoms with van der Waals surface area (Å²) in [6.07, 6.45) is 0. The van der Waals surface area contributed by atoms with Crippen LogP contribution in [0.4, 0.5) is 4.39 Å². The molecular formula is C14H14FNO2. The molecule has 2 N–H and O–H groups in total. The van der Waals surface area contributed by atoms with Crippen LogP contribution < -0.4 is 15.2 Å². The molecule has 0 aliphatic rings. The minimum atomic E-state index is -0.441. The van der Waals surface area contributed by atoms with Gasteiger partial charge in [0.2, 0.25) is 0 Å². The van der Waals surface area contributed by atoms with Gasteiger partial charge in [-0.05, 0) is 29.8 Å². The number of hydrogen-bond acceptors (Lipinski definition) is 3. The van der Waals surface area contributed by atoms with Crippen molar-refractivity contribution < 1.29 is 13.9 Å². The van der Waals surface area contributed by atoms with Crippen LogP contribution in [0, 0.1) is 5.82 Å². The van der Waals surface area contributed by atoms with E-state index in [1.54, 1.807) is 30.3 Å². The summed E-state index contributed by atoms with van der Waals surface area (Å²) in [5.74, 6) is 0.736. The Morgan fingerprint density at radius 2 is 1.78 bits per heavy atom. The molecule has 0 saturated heterocycles. The Labute approximate surface area is 105 Å². The van der Waals surface area contributed by atoms with Crippen molar-refractivity contribution >= 4 is 0 Å². The van der Waals surface area contributed by atoms with E-state index < -0.39 is 5.82 Å². The highest BCUT2D eigenvalue weighted by molar-refractivity contribution is 5.43. The summed E-state index contributed by atoms with van der Waals surface area (Å²) >= 11 is 0. The third kappa shape index (κ3) is 2.60. The predicted molar refractivity (Wildman–Crippen MR) is 67.4 cm³/mol. The molecule has 0 aromatic heterocycles. The molecule has 0 heterocycles. The van der Waals surface area contributed by atoms with E-state index >= 15 is 0 Å². The third-order valence-corrected chi connectivity index (χ3v) is 2.52. The molecule has 0 fully saturated rings. The first-order chi connectivity index (χ1) is 8.74. The lowest BCUT2D eigenvalue weighted by Gasteiger charge is -2.11. The van der Waals surface area contributed by atoms with E-state index in [9.17, 15) is 4.39 Å². The molecule has 0 aliphatic heterocycles. The lowest BCUT2D eigenvalue weighted by Crippen LogP contribution is -1.98. The number of halogens is 1. The Morgan fingerprint density at radius 1 is 1.06 bits per heavy atom. The van der Waals surface area contributed by atoms with E-state index in [0.29, 0.717) is 18.0 Å². The molecule has 0 spiro atoms. The standard InChI is InChI=1S/C14H14FNO2/c1-17-13-4-2-3-5-14(13)18-12-7-6-10(9-16)8-11(12)15/h2-8H,9,16H2,1H3. The first-order valence-corrected chi connectivity index (χ1v) is 5.54. The van der Waals surface area contributed by atoms with E-state index in [2.05, 4.69) is 0 Å². The maximum absolute atomic E-state index is 13.7. The summed E-state index contributed by atoms with van der Waals surface area (Å²) in [6.45, 7) is 0.297. The van der Waals surface area contributed by atoms with Crippen LogP contribution in [0.25, 0.3) is 0 Å². The summed E-state index contributed by atoms with van der Waals surface area (Å²) in [5.41, 5.74) is 6.16. The highest BCUT2D eigenvalue weighted by atomic mass is 19.1. The van der Waals surface area contributed by atoms with Crippen molar-refractivity contribution in [3.05, 3.63) is 53.8 Å². The number of para-hydroxylation sites is 2. The van der Waals surface area contributed by atoms with Gasteiger partial charge in [-0.2, -0.15) is 0 Å². The Hall–Kier alpha value is -2.07. The lowest BCUT2D eigenvalue weighted by atomic mass is 10.2. The van der Waals surface area contributed by atoms with E-state index in [0.717, 1.165) is 5.56 Å². The summed E-state index contributed by atoms with van der Waals surface area (Å²) in [6, 6.07) is 11.7. The van der Waals surface area contributed by atoms with Crippen molar-refractivity contribution in [3.8, 4) is 17.2 Å². The quantitative estimate of drug-likeness (QED) is 0.903. The monoisotopic (exact) mass is 247 g/mol. The molecule has 18 heavy (non-hydrogen) atoms. The largest absolute Gasteiger partial charge is 0.493 e. The number of rotatable bonds is 4. The number of hydrogen-bond donors (Lipinski definition) is 1. The van der Waals surface area contributed by atoms with E-state index in [4.69, 9.17) is 15.2 Å². The maximum atomic E-state index is 13.7. The normalized spacial score (nSPS) is 10.2. The van der Waals surface area contributed by atoms with Gasteiger partial charge in [-0.25, -0.2) is 4.39 Å². The number of benzene rings is 2. The molecule has 0 saturated carbocycles. The Morgan fingerprint density at radius 3 is 2.39 bits per heavy atom. The van der Waals surface area contributed by atoms with Crippen LogP contribution in [0.2, 0.25) is 0 Å².